The number of hydrogen-bond donors (Lipinski definition) is 0. The molecule has 0 saturated heterocycles. The van der Waals surface area contributed by atoms with Gasteiger partial charge in [0.2, 0.25) is 0 Å². The van der Waals surface area contributed by atoms with E-state index in [1.165, 1.54) is 22.3 Å². The quantitative estimate of drug-likeness (QED) is 0.652. The Morgan fingerprint density at radius 3 is 1.64 bits per heavy atom. The van der Waals surface area contributed by atoms with E-state index in [1.807, 2.05) is 17.8 Å². The van der Waals surface area contributed by atoms with Gasteiger partial charge in [-0.05, 0) is 63.8 Å². The van der Waals surface area contributed by atoms with Gasteiger partial charge in [0, 0.05) is 6.92 Å². The summed E-state index contributed by atoms with van der Waals surface area (Å²) in [6.07, 6.45) is 1.94. The van der Waals surface area contributed by atoms with Crippen LogP contribution in [0.1, 0.15) is 39.1 Å². The van der Waals surface area contributed by atoms with Crippen molar-refractivity contribution in [3.63, 3.8) is 0 Å². The van der Waals surface area contributed by atoms with Gasteiger partial charge in [-0.1, -0.05) is 35.4 Å². The van der Waals surface area contributed by atoms with E-state index in [0.29, 0.717) is 0 Å². The Bertz CT molecular complexity index is 856. The van der Waals surface area contributed by atoms with Gasteiger partial charge in [-0.25, -0.2) is 4.57 Å². The van der Waals surface area contributed by atoms with Gasteiger partial charge in [0.05, 0.1) is 0 Å². The molecule has 1 heterocycles. The molecule has 0 saturated carbocycles. The monoisotopic (exact) mass is 334 g/mol. The van der Waals surface area contributed by atoms with Crippen LogP contribution in [-0.4, -0.2) is 4.57 Å². The number of aromatic nitrogens is 2. The van der Waals surface area contributed by atoms with E-state index in [0.717, 1.165) is 28.2 Å². The first-order valence-electron chi connectivity index (χ1n) is 8.67. The summed E-state index contributed by atoms with van der Waals surface area (Å²) in [7, 11) is 0. The molecule has 0 fully saturated rings. The molecule has 0 spiro atoms. The van der Waals surface area contributed by atoms with E-state index in [1.54, 1.807) is 4.57 Å². The van der Waals surface area contributed by atoms with Crippen LogP contribution in [0.15, 0.2) is 30.6 Å². The van der Waals surface area contributed by atoms with Crippen molar-refractivity contribution in [2.45, 2.75) is 48.5 Å². The second-order valence-electron chi connectivity index (χ2n) is 7.24. The summed E-state index contributed by atoms with van der Waals surface area (Å²) in [5, 5.41) is 13.0. The first kappa shape index (κ1) is 17.3. The molecule has 2 aromatic carbocycles. The average Bonchev–Trinajstić information content (AvgIpc) is 2.74. The summed E-state index contributed by atoms with van der Waals surface area (Å²) >= 11 is 0. The Balaban J connectivity index is 2.28. The lowest BCUT2D eigenvalue weighted by Crippen LogP contribution is -2.34. The number of hydrogen-bond acceptors (Lipinski definition) is 1. The summed E-state index contributed by atoms with van der Waals surface area (Å²) in [6, 6.07) is 8.59. The lowest BCUT2D eigenvalue weighted by molar-refractivity contribution is -0.649. The Hall–Kier alpha value is -2.55. The van der Waals surface area contributed by atoms with Crippen LogP contribution in [0.25, 0.3) is 11.4 Å². The minimum atomic E-state index is 0.0365. The summed E-state index contributed by atoms with van der Waals surface area (Å²) < 4.78 is 3.82. The number of rotatable bonds is 2. The average molecular weight is 334 g/mol. The highest BCUT2D eigenvalue weighted by atomic mass is 16.3. The summed E-state index contributed by atoms with van der Waals surface area (Å²) in [4.78, 5) is 0. The highest BCUT2D eigenvalue weighted by Gasteiger charge is 2.22. The summed E-state index contributed by atoms with van der Waals surface area (Å²) in [5.41, 5.74) is 9.87. The predicted octanol–water partition coefficient (Wildman–Crippen LogP) is 3.99. The van der Waals surface area contributed by atoms with Crippen LogP contribution in [0.5, 0.6) is 5.88 Å². The second kappa shape index (κ2) is 6.07. The molecule has 3 aromatic rings. The topological polar surface area (TPSA) is 31.9 Å². The predicted molar refractivity (Wildman–Crippen MR) is 99.9 cm³/mol. The van der Waals surface area contributed by atoms with Crippen LogP contribution < -0.4 is 9.67 Å². The van der Waals surface area contributed by atoms with Gasteiger partial charge >= 0.3 is 0 Å². The molecule has 0 N–H and O–H groups in total. The maximum absolute atomic E-state index is 13.0. The Labute approximate surface area is 150 Å². The smallest absolute Gasteiger partial charge is 0.253 e. The molecule has 3 nitrogen and oxygen atoms in total. The molecule has 0 aliphatic heterocycles. The second-order valence-corrected chi connectivity index (χ2v) is 7.24. The number of nitrogens with zero attached hydrogens (tertiary/aromatic N) is 2. The molecule has 3 rings (SSSR count). The largest absolute Gasteiger partial charge is 0.839 e. The molecule has 0 bridgehead atoms. The Morgan fingerprint density at radius 1 is 0.720 bits per heavy atom. The lowest BCUT2D eigenvalue weighted by atomic mass is 10.0. The summed E-state index contributed by atoms with van der Waals surface area (Å²) in [5.74, 6) is 0.0365. The molecule has 3 heteroatoms. The normalized spacial score (nSPS) is 11.2. The van der Waals surface area contributed by atoms with Crippen molar-refractivity contribution in [2.24, 2.45) is 0 Å². The maximum atomic E-state index is 13.0. The van der Waals surface area contributed by atoms with Crippen LogP contribution in [0.3, 0.4) is 0 Å². The SMILES string of the molecule is Cc1cc(C)c(-n2c[n+](-c3c(C)cc(C)cc3C)c([O-])c2C)c(C)c1. The third-order valence-corrected chi connectivity index (χ3v) is 4.87. The molecule has 25 heavy (non-hydrogen) atoms. The van der Waals surface area contributed by atoms with Crippen LogP contribution in [-0.2, 0) is 0 Å². The van der Waals surface area contributed by atoms with Gasteiger partial charge in [0.15, 0.2) is 0 Å². The van der Waals surface area contributed by atoms with Crippen molar-refractivity contribution in [3.8, 4) is 17.3 Å². The fourth-order valence-corrected chi connectivity index (χ4v) is 4.02. The van der Waals surface area contributed by atoms with Crippen LogP contribution in [0.2, 0.25) is 0 Å². The molecule has 0 atom stereocenters. The van der Waals surface area contributed by atoms with Gasteiger partial charge in [-0.15, -0.1) is 0 Å². The van der Waals surface area contributed by atoms with Crippen molar-refractivity contribution in [3.05, 3.63) is 69.7 Å². The molecule has 0 unspecified atom stereocenters. The third kappa shape index (κ3) is 2.84. The van der Waals surface area contributed by atoms with E-state index in [-0.39, 0.29) is 5.88 Å². The van der Waals surface area contributed by atoms with Crippen LogP contribution in [0.4, 0.5) is 0 Å². The zero-order valence-electron chi connectivity index (χ0n) is 16.2. The number of aryl methyl sites for hydroxylation is 6. The lowest BCUT2D eigenvalue weighted by Gasteiger charge is -2.11. The molecule has 1 aromatic heterocycles. The minimum Gasteiger partial charge on any atom is -0.839 e. The highest BCUT2D eigenvalue weighted by molar-refractivity contribution is 5.51. The van der Waals surface area contributed by atoms with Gasteiger partial charge < -0.3 is 5.11 Å². The zero-order chi connectivity index (χ0) is 18.5. The van der Waals surface area contributed by atoms with Crippen molar-refractivity contribution in [1.29, 1.82) is 0 Å². The van der Waals surface area contributed by atoms with E-state index in [4.69, 9.17) is 0 Å². The van der Waals surface area contributed by atoms with E-state index >= 15 is 0 Å². The van der Waals surface area contributed by atoms with E-state index in [2.05, 4.69) is 65.8 Å². The first-order chi connectivity index (χ1) is 11.7. The van der Waals surface area contributed by atoms with Gasteiger partial charge in [0.25, 0.3) is 6.33 Å². The molecular weight excluding hydrogens is 308 g/mol. The molecule has 130 valence electrons. The molecule has 0 aliphatic carbocycles. The van der Waals surface area contributed by atoms with Crippen molar-refractivity contribution >= 4 is 0 Å². The van der Waals surface area contributed by atoms with E-state index < -0.39 is 0 Å². The molecule has 0 amide bonds. The Morgan fingerprint density at radius 2 is 1.16 bits per heavy atom. The molecule has 0 radical (unpaired) electrons. The first-order valence-corrected chi connectivity index (χ1v) is 8.67. The standard InChI is InChI=1S/C22H26N2O/c1-13-8-15(3)20(16(4)9-13)23-12-24(22(25)19(23)7)21-17(5)10-14(2)11-18(21)6/h8-12H,1-7H3. The summed E-state index contributed by atoms with van der Waals surface area (Å²) in [6.45, 7) is 14.4. The zero-order valence-corrected chi connectivity index (χ0v) is 16.2. The fraction of sp³-hybridized carbons (Fsp3) is 0.318. The van der Waals surface area contributed by atoms with E-state index in [9.17, 15) is 5.11 Å². The van der Waals surface area contributed by atoms with Crippen LogP contribution >= 0.6 is 0 Å². The van der Waals surface area contributed by atoms with Gasteiger partial charge in [0.1, 0.15) is 22.9 Å². The fourth-order valence-electron chi connectivity index (χ4n) is 4.02. The van der Waals surface area contributed by atoms with Crippen molar-refractivity contribution in [1.82, 2.24) is 4.57 Å². The van der Waals surface area contributed by atoms with Crippen LogP contribution in [0, 0.1) is 48.5 Å². The highest BCUT2D eigenvalue weighted by Crippen LogP contribution is 2.26. The maximum Gasteiger partial charge on any atom is 0.253 e. The number of benzene rings is 2. The van der Waals surface area contributed by atoms with Crippen molar-refractivity contribution < 1.29 is 9.67 Å². The van der Waals surface area contributed by atoms with Gasteiger partial charge in [-0.2, -0.15) is 4.57 Å². The minimum absolute atomic E-state index is 0.0365. The van der Waals surface area contributed by atoms with Crippen molar-refractivity contribution in [2.75, 3.05) is 0 Å². The molecule has 0 aliphatic rings. The number of imidazole rings is 1. The Kier molecular flexibility index (Phi) is 4.19. The molecular formula is C22H26N2O. The third-order valence-electron chi connectivity index (χ3n) is 4.87. The van der Waals surface area contributed by atoms with Gasteiger partial charge in [-0.3, -0.25) is 0 Å².